The third-order valence-electron chi connectivity index (χ3n) is 7.09. The molecule has 2 aliphatic heterocycles. The van der Waals surface area contributed by atoms with Gasteiger partial charge in [0.2, 0.25) is 5.91 Å². The van der Waals surface area contributed by atoms with E-state index in [1.165, 1.54) is 47.7 Å². The van der Waals surface area contributed by atoms with Crippen molar-refractivity contribution in [3.8, 4) is 0 Å². The molecule has 0 unspecified atom stereocenters. The summed E-state index contributed by atoms with van der Waals surface area (Å²) in [4.78, 5) is 22.2. The SMILES string of the molecule is CN(CCOCC(=O)N1CCc2sc(CN3CCC3)cc2C1)C1CC1.Cc1cccc(Cl)c1CO. The molecular formula is C27H38ClN3O3S. The molecule has 6 nitrogen and oxygen atoms in total. The zero-order valence-corrected chi connectivity index (χ0v) is 22.5. The predicted octanol–water partition coefficient (Wildman–Crippen LogP) is 4.09. The fraction of sp³-hybridized carbons (Fsp3) is 0.593. The van der Waals surface area contributed by atoms with Gasteiger partial charge in [0.15, 0.2) is 0 Å². The predicted molar refractivity (Wildman–Crippen MR) is 142 cm³/mol. The number of carbonyl (C=O) groups is 1. The van der Waals surface area contributed by atoms with Crippen LogP contribution in [-0.2, 0) is 35.6 Å². The number of carbonyl (C=O) groups excluding carboxylic acids is 1. The highest BCUT2D eigenvalue weighted by atomic mass is 35.5. The molecule has 1 N–H and O–H groups in total. The summed E-state index contributed by atoms with van der Waals surface area (Å²) in [5.74, 6) is 0.134. The summed E-state index contributed by atoms with van der Waals surface area (Å²) in [6.45, 7) is 8.89. The van der Waals surface area contributed by atoms with E-state index in [2.05, 4.69) is 22.9 Å². The number of aliphatic hydroxyl groups excluding tert-OH is 1. The first kappa shape index (κ1) is 26.6. The van der Waals surface area contributed by atoms with Gasteiger partial charge in [-0.15, -0.1) is 11.3 Å². The number of aryl methyl sites for hydroxylation is 1. The lowest BCUT2D eigenvalue weighted by molar-refractivity contribution is -0.137. The molecule has 0 radical (unpaired) electrons. The number of likely N-dealkylation sites (tertiary alicyclic amines) is 1. The van der Waals surface area contributed by atoms with E-state index in [0.717, 1.165) is 49.8 Å². The fourth-order valence-corrected chi connectivity index (χ4v) is 5.96. The molecule has 1 aliphatic carbocycles. The van der Waals surface area contributed by atoms with Crippen molar-refractivity contribution in [3.05, 3.63) is 55.7 Å². The van der Waals surface area contributed by atoms with Crippen LogP contribution in [0.1, 0.15) is 45.7 Å². The van der Waals surface area contributed by atoms with Gasteiger partial charge in [0.1, 0.15) is 6.61 Å². The van der Waals surface area contributed by atoms with Crippen molar-refractivity contribution in [2.24, 2.45) is 0 Å². The average Bonchev–Trinajstić information content (AvgIpc) is 3.59. The maximum Gasteiger partial charge on any atom is 0.248 e. The van der Waals surface area contributed by atoms with E-state index in [9.17, 15) is 4.79 Å². The maximum atomic E-state index is 12.4. The second kappa shape index (κ2) is 12.7. The summed E-state index contributed by atoms with van der Waals surface area (Å²) < 4.78 is 5.63. The molecule has 0 bridgehead atoms. The van der Waals surface area contributed by atoms with Gasteiger partial charge >= 0.3 is 0 Å². The van der Waals surface area contributed by atoms with E-state index < -0.39 is 0 Å². The van der Waals surface area contributed by atoms with Crippen LogP contribution in [0.4, 0.5) is 0 Å². The molecule has 1 amide bonds. The highest BCUT2D eigenvalue weighted by Gasteiger charge is 2.26. The number of thiophene rings is 1. The minimum Gasteiger partial charge on any atom is -0.392 e. The average molecular weight is 520 g/mol. The smallest absolute Gasteiger partial charge is 0.248 e. The summed E-state index contributed by atoms with van der Waals surface area (Å²) in [5.41, 5.74) is 3.22. The lowest BCUT2D eigenvalue weighted by atomic mass is 10.1. The summed E-state index contributed by atoms with van der Waals surface area (Å²) in [6, 6.07) is 8.65. The molecule has 1 saturated heterocycles. The van der Waals surface area contributed by atoms with Gasteiger partial charge in [0.05, 0.1) is 13.2 Å². The normalized spacial score (nSPS) is 17.6. The van der Waals surface area contributed by atoms with Crippen LogP contribution < -0.4 is 0 Å². The van der Waals surface area contributed by atoms with Crippen LogP contribution in [0.5, 0.6) is 0 Å². The van der Waals surface area contributed by atoms with Crippen LogP contribution in [0.15, 0.2) is 24.3 Å². The van der Waals surface area contributed by atoms with Crippen LogP contribution in [0.3, 0.4) is 0 Å². The lowest BCUT2D eigenvalue weighted by Gasteiger charge is -2.29. The second-order valence-electron chi connectivity index (χ2n) is 9.81. The third-order valence-corrected chi connectivity index (χ3v) is 8.67. The number of amides is 1. The van der Waals surface area contributed by atoms with Crippen molar-refractivity contribution in [3.63, 3.8) is 0 Å². The van der Waals surface area contributed by atoms with Crippen molar-refractivity contribution < 1.29 is 14.6 Å². The molecule has 35 heavy (non-hydrogen) atoms. The minimum atomic E-state index is 0.0194. The second-order valence-corrected chi connectivity index (χ2v) is 11.4. The van der Waals surface area contributed by atoms with Gasteiger partial charge in [-0.25, -0.2) is 0 Å². The third kappa shape index (κ3) is 7.51. The van der Waals surface area contributed by atoms with Crippen LogP contribution >= 0.6 is 22.9 Å². The fourth-order valence-electron chi connectivity index (χ4n) is 4.47. The van der Waals surface area contributed by atoms with E-state index in [-0.39, 0.29) is 19.1 Å². The number of halogens is 1. The molecule has 2 aromatic rings. The Morgan fingerprint density at radius 2 is 2.09 bits per heavy atom. The molecule has 0 atom stereocenters. The molecule has 8 heteroatoms. The minimum absolute atomic E-state index is 0.0194. The number of benzene rings is 1. The first-order valence-electron chi connectivity index (χ1n) is 12.7. The van der Waals surface area contributed by atoms with E-state index >= 15 is 0 Å². The zero-order valence-electron chi connectivity index (χ0n) is 21.0. The molecule has 5 rings (SSSR count). The van der Waals surface area contributed by atoms with Crippen LogP contribution in [0.2, 0.25) is 5.02 Å². The molecule has 1 aromatic heterocycles. The highest BCUT2D eigenvalue weighted by molar-refractivity contribution is 7.12. The number of hydrogen-bond acceptors (Lipinski definition) is 6. The number of nitrogens with zero attached hydrogens (tertiary/aromatic N) is 3. The Morgan fingerprint density at radius 1 is 1.29 bits per heavy atom. The number of rotatable bonds is 9. The van der Waals surface area contributed by atoms with Crippen molar-refractivity contribution in [1.29, 1.82) is 0 Å². The van der Waals surface area contributed by atoms with Crippen molar-refractivity contribution in [2.45, 2.75) is 58.3 Å². The maximum absolute atomic E-state index is 12.4. The standard InChI is InChI=1S/C19H29N3O2S.C8H9ClO/c1-20(16-3-4-16)9-10-24-14-19(23)22-8-5-18-15(12-22)11-17(25-18)13-21-6-2-7-21;1-6-3-2-4-8(9)7(6)5-10/h11,16H,2-10,12-14H2,1H3;2-4,10H,5H2,1H3. The molecule has 1 aromatic carbocycles. The lowest BCUT2D eigenvalue weighted by Crippen LogP contribution is -2.38. The van der Waals surface area contributed by atoms with Gasteiger partial charge in [0, 0.05) is 47.0 Å². The van der Waals surface area contributed by atoms with Crippen LogP contribution in [0.25, 0.3) is 0 Å². The van der Waals surface area contributed by atoms with E-state index in [1.807, 2.05) is 35.3 Å². The molecule has 1 saturated carbocycles. The number of hydrogen-bond donors (Lipinski definition) is 1. The van der Waals surface area contributed by atoms with Crippen molar-refractivity contribution in [1.82, 2.24) is 14.7 Å². The van der Waals surface area contributed by atoms with Gasteiger partial charge in [0.25, 0.3) is 0 Å². The van der Waals surface area contributed by atoms with Gasteiger partial charge in [-0.1, -0.05) is 23.7 Å². The molecule has 192 valence electrons. The Morgan fingerprint density at radius 3 is 2.71 bits per heavy atom. The zero-order chi connectivity index (χ0) is 24.8. The number of likely N-dealkylation sites (N-methyl/N-ethyl adjacent to an activating group) is 1. The first-order valence-corrected chi connectivity index (χ1v) is 13.9. The van der Waals surface area contributed by atoms with Crippen LogP contribution in [0, 0.1) is 6.92 Å². The van der Waals surface area contributed by atoms with Gasteiger partial charge in [-0.3, -0.25) is 9.69 Å². The van der Waals surface area contributed by atoms with Gasteiger partial charge in [-0.2, -0.15) is 0 Å². The number of fused-ring (bicyclic) bond motifs is 1. The molecule has 0 spiro atoms. The monoisotopic (exact) mass is 519 g/mol. The van der Waals surface area contributed by atoms with Gasteiger partial charge < -0.3 is 19.6 Å². The Labute approximate surface area is 218 Å². The highest BCUT2D eigenvalue weighted by Crippen LogP contribution is 2.30. The summed E-state index contributed by atoms with van der Waals surface area (Å²) in [7, 11) is 2.14. The Kier molecular flexibility index (Phi) is 9.61. The van der Waals surface area contributed by atoms with Crippen molar-refractivity contribution in [2.75, 3.05) is 46.4 Å². The van der Waals surface area contributed by atoms with E-state index in [4.69, 9.17) is 21.4 Å². The summed E-state index contributed by atoms with van der Waals surface area (Å²) in [5, 5.41) is 9.46. The van der Waals surface area contributed by atoms with Gasteiger partial charge in [-0.05, 0) is 81.6 Å². The Bertz CT molecular complexity index is 970. The van der Waals surface area contributed by atoms with E-state index in [1.54, 1.807) is 6.07 Å². The Hall–Kier alpha value is -1.48. The molecule has 3 heterocycles. The Balaban J connectivity index is 0.000000243. The van der Waals surface area contributed by atoms with Crippen LogP contribution in [-0.4, -0.2) is 78.2 Å². The largest absolute Gasteiger partial charge is 0.392 e. The number of aliphatic hydroxyl groups is 1. The molecular weight excluding hydrogens is 482 g/mol. The molecule has 2 fully saturated rings. The topological polar surface area (TPSA) is 56.2 Å². The quantitative estimate of drug-likeness (QED) is 0.506. The summed E-state index contributed by atoms with van der Waals surface area (Å²) >= 11 is 7.71. The van der Waals surface area contributed by atoms with E-state index in [0.29, 0.717) is 11.6 Å². The summed E-state index contributed by atoms with van der Waals surface area (Å²) in [6.07, 6.45) is 4.96. The number of ether oxygens (including phenoxy) is 1. The molecule has 3 aliphatic rings. The van der Waals surface area contributed by atoms with Crippen molar-refractivity contribution >= 4 is 28.8 Å². The first-order chi connectivity index (χ1) is 16.9.